The molecule has 5 rings (SSSR count). The van der Waals surface area contributed by atoms with E-state index >= 15 is 0 Å². The number of hydrogen-bond acceptors (Lipinski definition) is 4. The van der Waals surface area contributed by atoms with Crippen molar-refractivity contribution in [1.29, 1.82) is 0 Å². The van der Waals surface area contributed by atoms with Crippen LogP contribution >= 0.6 is 50.5 Å². The predicted molar refractivity (Wildman–Crippen MR) is 135 cm³/mol. The van der Waals surface area contributed by atoms with Gasteiger partial charge in [-0.05, 0) is 52.3 Å². The molecule has 1 aliphatic heterocycles. The lowest BCUT2D eigenvalue weighted by molar-refractivity contribution is 0.0650. The zero-order valence-electron chi connectivity index (χ0n) is 16.7. The summed E-state index contributed by atoms with van der Waals surface area (Å²) in [4.78, 5) is 42.5. The van der Waals surface area contributed by atoms with Crippen LogP contribution in [-0.2, 0) is 0 Å². The van der Waals surface area contributed by atoms with Crippen molar-refractivity contribution in [3.05, 3.63) is 97.3 Å². The van der Waals surface area contributed by atoms with E-state index in [-0.39, 0.29) is 6.67 Å². The lowest BCUT2D eigenvalue weighted by Gasteiger charge is -2.27. The monoisotopic (exact) mass is 558 g/mol. The van der Waals surface area contributed by atoms with Crippen molar-refractivity contribution < 1.29 is 14.4 Å². The molecule has 0 saturated carbocycles. The summed E-state index contributed by atoms with van der Waals surface area (Å²) >= 11 is 17.4. The average Bonchev–Trinajstić information content (AvgIpc) is 3.26. The number of fused-ring (bicyclic) bond motifs is 2. The molecule has 1 aromatic heterocycles. The van der Waals surface area contributed by atoms with Crippen molar-refractivity contribution in [2.75, 3.05) is 11.6 Å². The quantitative estimate of drug-likeness (QED) is 0.256. The first-order chi connectivity index (χ1) is 15.9. The molecule has 9 heteroatoms. The van der Waals surface area contributed by atoms with Crippen LogP contribution in [-0.4, -0.2) is 29.3 Å². The summed E-state index contributed by atoms with van der Waals surface area (Å²) in [5.74, 6) is -1.33. The van der Waals surface area contributed by atoms with Crippen LogP contribution < -0.4 is 4.90 Å². The standard InChI is InChI=1S/C24H13BrCl2N2O3S/c25-17-7-3-4-8-18(17)28(12-29-22(30)14-5-1-2-6-15(14)23(29)31)24(32)21-20(27)16-10-9-13(26)11-19(16)33-21/h1-11H,12H2. The summed E-state index contributed by atoms with van der Waals surface area (Å²) in [6.07, 6.45) is 0. The van der Waals surface area contributed by atoms with E-state index in [0.717, 1.165) is 9.60 Å². The van der Waals surface area contributed by atoms with Gasteiger partial charge in [0, 0.05) is 19.6 Å². The molecule has 0 atom stereocenters. The number of carbonyl (C=O) groups excluding carboxylic acids is 3. The van der Waals surface area contributed by atoms with Crippen LogP contribution in [0.4, 0.5) is 5.69 Å². The molecular weight excluding hydrogens is 547 g/mol. The molecule has 33 heavy (non-hydrogen) atoms. The van der Waals surface area contributed by atoms with Gasteiger partial charge < -0.3 is 0 Å². The molecule has 0 bridgehead atoms. The van der Waals surface area contributed by atoms with Gasteiger partial charge in [0.25, 0.3) is 17.7 Å². The maximum Gasteiger partial charge on any atom is 0.271 e. The fourth-order valence-corrected chi connectivity index (χ4v) is 5.96. The van der Waals surface area contributed by atoms with E-state index in [0.29, 0.717) is 41.6 Å². The lowest BCUT2D eigenvalue weighted by atomic mass is 10.1. The van der Waals surface area contributed by atoms with E-state index in [1.807, 2.05) is 6.07 Å². The number of carbonyl (C=O) groups is 3. The molecule has 0 fully saturated rings. The van der Waals surface area contributed by atoms with Crippen LogP contribution in [0.3, 0.4) is 0 Å². The van der Waals surface area contributed by atoms with Gasteiger partial charge in [-0.1, -0.05) is 53.5 Å². The number of nitrogens with zero attached hydrogens (tertiary/aromatic N) is 2. The highest BCUT2D eigenvalue weighted by Crippen LogP contribution is 2.39. The molecule has 0 saturated heterocycles. The number of para-hydroxylation sites is 1. The van der Waals surface area contributed by atoms with Crippen molar-refractivity contribution in [2.45, 2.75) is 0 Å². The molecule has 1 aliphatic rings. The number of hydrogen-bond donors (Lipinski definition) is 0. The van der Waals surface area contributed by atoms with E-state index in [4.69, 9.17) is 23.2 Å². The third kappa shape index (κ3) is 3.75. The summed E-state index contributed by atoms with van der Waals surface area (Å²) in [5.41, 5.74) is 1.14. The number of imide groups is 1. The highest BCUT2D eigenvalue weighted by atomic mass is 79.9. The minimum atomic E-state index is -0.449. The molecular formula is C24H13BrCl2N2O3S. The predicted octanol–water partition coefficient (Wildman–Crippen LogP) is 6.87. The van der Waals surface area contributed by atoms with Gasteiger partial charge in [-0.15, -0.1) is 11.3 Å². The van der Waals surface area contributed by atoms with Crippen LogP contribution in [0.5, 0.6) is 0 Å². The van der Waals surface area contributed by atoms with Crippen molar-refractivity contribution in [3.8, 4) is 0 Å². The van der Waals surface area contributed by atoms with Gasteiger partial charge in [-0.2, -0.15) is 0 Å². The van der Waals surface area contributed by atoms with Crippen LogP contribution in [0.15, 0.2) is 71.2 Å². The fourth-order valence-electron chi connectivity index (χ4n) is 3.73. The van der Waals surface area contributed by atoms with Gasteiger partial charge >= 0.3 is 0 Å². The zero-order chi connectivity index (χ0) is 23.3. The second-order valence-electron chi connectivity index (χ2n) is 7.30. The van der Waals surface area contributed by atoms with E-state index < -0.39 is 17.7 Å². The first-order valence-electron chi connectivity index (χ1n) is 9.76. The highest BCUT2D eigenvalue weighted by Gasteiger charge is 2.38. The molecule has 164 valence electrons. The average molecular weight is 560 g/mol. The van der Waals surface area contributed by atoms with Crippen LogP contribution in [0.1, 0.15) is 30.4 Å². The van der Waals surface area contributed by atoms with Gasteiger partial charge in [0.1, 0.15) is 11.5 Å². The Kier molecular flexibility index (Phi) is 5.74. The van der Waals surface area contributed by atoms with Crippen molar-refractivity contribution >= 4 is 84.0 Å². The Morgan fingerprint density at radius 3 is 2.24 bits per heavy atom. The molecule has 3 aromatic carbocycles. The van der Waals surface area contributed by atoms with Gasteiger partial charge in [-0.25, -0.2) is 0 Å². The second kappa shape index (κ2) is 8.57. The Morgan fingerprint density at radius 2 is 1.58 bits per heavy atom. The van der Waals surface area contributed by atoms with Gasteiger partial charge in [-0.3, -0.25) is 24.2 Å². The Hall–Kier alpha value is -2.71. The number of anilines is 1. The first kappa shape index (κ1) is 22.1. The summed E-state index contributed by atoms with van der Waals surface area (Å²) in [7, 11) is 0. The van der Waals surface area contributed by atoms with E-state index in [1.165, 1.54) is 16.2 Å². The van der Waals surface area contributed by atoms with Gasteiger partial charge in [0.2, 0.25) is 0 Å². The Bertz CT molecular complexity index is 1430. The molecule has 0 N–H and O–H groups in total. The molecule has 0 unspecified atom stereocenters. The maximum absolute atomic E-state index is 13.8. The second-order valence-corrected chi connectivity index (χ2v) is 10.0. The topological polar surface area (TPSA) is 57.7 Å². The molecule has 4 aromatic rings. The van der Waals surface area contributed by atoms with E-state index in [2.05, 4.69) is 15.9 Å². The Morgan fingerprint density at radius 1 is 0.939 bits per heavy atom. The first-order valence-corrected chi connectivity index (χ1v) is 12.1. The zero-order valence-corrected chi connectivity index (χ0v) is 20.6. The molecule has 0 aliphatic carbocycles. The fraction of sp³-hybridized carbons (Fsp3) is 0.0417. The number of rotatable bonds is 4. The van der Waals surface area contributed by atoms with E-state index in [9.17, 15) is 14.4 Å². The van der Waals surface area contributed by atoms with Crippen LogP contribution in [0.25, 0.3) is 10.1 Å². The molecule has 0 spiro atoms. The summed E-state index contributed by atoms with van der Waals surface area (Å²) < 4.78 is 1.40. The molecule has 5 nitrogen and oxygen atoms in total. The Labute approximate surface area is 211 Å². The third-order valence-corrected chi connectivity index (χ3v) is 7.89. The largest absolute Gasteiger partial charge is 0.288 e. The normalized spacial score (nSPS) is 13.0. The maximum atomic E-state index is 13.8. The Balaban J connectivity index is 1.59. The number of thiophene rings is 1. The lowest BCUT2D eigenvalue weighted by Crippen LogP contribution is -2.44. The summed E-state index contributed by atoms with van der Waals surface area (Å²) in [6, 6.07) is 18.9. The number of amides is 3. The SMILES string of the molecule is O=C1c2ccccc2C(=O)N1CN(C(=O)c1sc2cc(Cl)ccc2c1Cl)c1ccccc1Br. The van der Waals surface area contributed by atoms with Crippen molar-refractivity contribution in [1.82, 2.24) is 4.90 Å². The van der Waals surface area contributed by atoms with Gasteiger partial charge in [0.05, 0.1) is 21.8 Å². The van der Waals surface area contributed by atoms with E-state index in [1.54, 1.807) is 60.7 Å². The van der Waals surface area contributed by atoms with Crippen LogP contribution in [0.2, 0.25) is 10.0 Å². The van der Waals surface area contributed by atoms with Crippen molar-refractivity contribution in [3.63, 3.8) is 0 Å². The number of benzene rings is 3. The molecule has 0 radical (unpaired) electrons. The minimum absolute atomic E-state index is 0.265. The molecule has 2 heterocycles. The smallest absolute Gasteiger partial charge is 0.271 e. The molecule has 3 amide bonds. The van der Waals surface area contributed by atoms with Crippen molar-refractivity contribution in [2.24, 2.45) is 0 Å². The highest BCUT2D eigenvalue weighted by molar-refractivity contribution is 9.10. The number of halogens is 3. The summed E-state index contributed by atoms with van der Waals surface area (Å²) in [5, 5.41) is 1.55. The van der Waals surface area contributed by atoms with Crippen LogP contribution in [0, 0.1) is 0 Å². The van der Waals surface area contributed by atoms with Gasteiger partial charge in [0.15, 0.2) is 0 Å². The third-order valence-electron chi connectivity index (χ3n) is 5.34. The summed E-state index contributed by atoms with van der Waals surface area (Å²) in [6.45, 7) is -0.265. The minimum Gasteiger partial charge on any atom is -0.288 e.